The molecule has 0 aliphatic carbocycles. The average molecular weight is 248 g/mol. The lowest BCUT2D eigenvalue weighted by atomic mass is 9.99. The van der Waals surface area contributed by atoms with Crippen LogP contribution in [0.4, 0.5) is 5.69 Å². The summed E-state index contributed by atoms with van der Waals surface area (Å²) in [5, 5.41) is 8.88. The van der Waals surface area contributed by atoms with Crippen molar-refractivity contribution in [2.24, 2.45) is 0 Å². The first-order valence-corrected chi connectivity index (χ1v) is 6.29. The molecule has 0 fully saturated rings. The predicted octanol–water partition coefficient (Wildman–Crippen LogP) is 1.02. The van der Waals surface area contributed by atoms with Gasteiger partial charge in [0.15, 0.2) is 0 Å². The Labute approximate surface area is 108 Å². The molecule has 1 aliphatic rings. The molecule has 0 saturated carbocycles. The maximum absolute atomic E-state index is 11.6. The van der Waals surface area contributed by atoms with Gasteiger partial charge in [0.2, 0.25) is 5.91 Å². The van der Waals surface area contributed by atoms with Crippen molar-refractivity contribution in [1.82, 2.24) is 4.90 Å². The minimum Gasteiger partial charge on any atom is -0.395 e. The van der Waals surface area contributed by atoms with E-state index < -0.39 is 0 Å². The molecule has 1 aliphatic heterocycles. The van der Waals surface area contributed by atoms with Crippen molar-refractivity contribution in [1.29, 1.82) is 0 Å². The van der Waals surface area contributed by atoms with Crippen LogP contribution in [0.2, 0.25) is 0 Å². The van der Waals surface area contributed by atoms with Crippen LogP contribution in [0, 0.1) is 0 Å². The van der Waals surface area contributed by atoms with Crippen LogP contribution in [-0.2, 0) is 17.8 Å². The Morgan fingerprint density at radius 2 is 2.17 bits per heavy atom. The van der Waals surface area contributed by atoms with Gasteiger partial charge in [-0.1, -0.05) is 12.1 Å². The van der Waals surface area contributed by atoms with Crippen LogP contribution < -0.4 is 4.90 Å². The van der Waals surface area contributed by atoms with Crippen LogP contribution in [0.25, 0.3) is 0 Å². The zero-order chi connectivity index (χ0) is 13.1. The number of hydrogen-bond acceptors (Lipinski definition) is 3. The molecule has 4 heteroatoms. The van der Waals surface area contributed by atoms with E-state index in [0.29, 0.717) is 13.0 Å². The molecule has 0 spiro atoms. The van der Waals surface area contributed by atoms with Crippen LogP contribution in [0.5, 0.6) is 0 Å². The summed E-state index contributed by atoms with van der Waals surface area (Å²) in [6, 6.07) is 6.25. The normalized spacial score (nSPS) is 15.1. The summed E-state index contributed by atoms with van der Waals surface area (Å²) in [6.45, 7) is 1.68. The molecule has 0 bridgehead atoms. The Kier molecular flexibility index (Phi) is 3.99. The summed E-state index contributed by atoms with van der Waals surface area (Å²) in [5.41, 5.74) is 3.50. The van der Waals surface area contributed by atoms with Crippen molar-refractivity contribution < 1.29 is 9.90 Å². The molecular formula is C14H20N2O2. The van der Waals surface area contributed by atoms with Crippen LogP contribution in [-0.4, -0.2) is 43.2 Å². The molecule has 4 nitrogen and oxygen atoms in total. The first-order valence-electron chi connectivity index (χ1n) is 6.29. The quantitative estimate of drug-likeness (QED) is 0.865. The zero-order valence-electron chi connectivity index (χ0n) is 11.0. The summed E-state index contributed by atoms with van der Waals surface area (Å²) in [4.78, 5) is 15.4. The van der Waals surface area contributed by atoms with Gasteiger partial charge in [-0.3, -0.25) is 9.69 Å². The SMILES string of the molecule is CN(CCO)Cc1ccc2c(c1)CCC(=O)N2C. The van der Waals surface area contributed by atoms with Crippen LogP contribution in [0.15, 0.2) is 18.2 Å². The van der Waals surface area contributed by atoms with E-state index in [2.05, 4.69) is 17.0 Å². The lowest BCUT2D eigenvalue weighted by molar-refractivity contribution is -0.118. The second-order valence-electron chi connectivity index (χ2n) is 4.88. The molecule has 98 valence electrons. The number of aryl methyl sites for hydroxylation is 1. The third-order valence-electron chi connectivity index (χ3n) is 3.42. The molecule has 0 saturated heterocycles. The number of benzene rings is 1. The summed E-state index contributed by atoms with van der Waals surface area (Å²) >= 11 is 0. The number of carbonyl (C=O) groups is 1. The predicted molar refractivity (Wildman–Crippen MR) is 71.6 cm³/mol. The maximum atomic E-state index is 11.6. The second kappa shape index (κ2) is 5.50. The number of nitrogens with zero attached hydrogens (tertiary/aromatic N) is 2. The highest BCUT2D eigenvalue weighted by Crippen LogP contribution is 2.27. The van der Waals surface area contributed by atoms with E-state index in [0.717, 1.165) is 18.7 Å². The first kappa shape index (κ1) is 13.1. The second-order valence-corrected chi connectivity index (χ2v) is 4.88. The molecule has 1 amide bonds. The van der Waals surface area contributed by atoms with Crippen LogP contribution >= 0.6 is 0 Å². The van der Waals surface area contributed by atoms with E-state index in [1.165, 1.54) is 11.1 Å². The van der Waals surface area contributed by atoms with E-state index in [-0.39, 0.29) is 12.5 Å². The minimum absolute atomic E-state index is 0.179. The van der Waals surface area contributed by atoms with Crippen LogP contribution in [0.3, 0.4) is 0 Å². The van der Waals surface area contributed by atoms with Gasteiger partial charge in [-0.25, -0.2) is 0 Å². The number of hydrogen-bond donors (Lipinski definition) is 1. The van der Waals surface area contributed by atoms with Gasteiger partial charge in [0.25, 0.3) is 0 Å². The number of amides is 1. The molecule has 1 heterocycles. The minimum atomic E-state index is 0.179. The third kappa shape index (κ3) is 2.71. The Morgan fingerprint density at radius 3 is 2.89 bits per heavy atom. The van der Waals surface area contributed by atoms with Gasteiger partial charge in [0.05, 0.1) is 6.61 Å². The molecule has 0 atom stereocenters. The van der Waals surface area contributed by atoms with Gasteiger partial charge in [0.1, 0.15) is 0 Å². The van der Waals surface area contributed by atoms with Crippen molar-refractivity contribution >= 4 is 11.6 Å². The highest BCUT2D eigenvalue weighted by molar-refractivity contribution is 5.95. The van der Waals surface area contributed by atoms with Crippen molar-refractivity contribution in [2.45, 2.75) is 19.4 Å². The van der Waals surface area contributed by atoms with Gasteiger partial charge in [-0.05, 0) is 30.7 Å². The van der Waals surface area contributed by atoms with Gasteiger partial charge in [-0.2, -0.15) is 0 Å². The smallest absolute Gasteiger partial charge is 0.227 e. The molecule has 1 N–H and O–H groups in total. The highest BCUT2D eigenvalue weighted by Gasteiger charge is 2.20. The Morgan fingerprint density at radius 1 is 1.39 bits per heavy atom. The number of aliphatic hydroxyl groups is 1. The molecular weight excluding hydrogens is 228 g/mol. The van der Waals surface area contributed by atoms with E-state index in [9.17, 15) is 4.79 Å². The summed E-state index contributed by atoms with van der Waals surface area (Å²) in [5.74, 6) is 0.188. The van der Waals surface area contributed by atoms with Crippen LogP contribution in [0.1, 0.15) is 17.5 Å². The topological polar surface area (TPSA) is 43.8 Å². The lowest BCUT2D eigenvalue weighted by Crippen LogP contribution is -2.31. The van der Waals surface area contributed by atoms with Gasteiger partial charge < -0.3 is 10.0 Å². The average Bonchev–Trinajstić information content (AvgIpc) is 2.34. The number of aliphatic hydroxyl groups excluding tert-OH is 1. The maximum Gasteiger partial charge on any atom is 0.227 e. The largest absolute Gasteiger partial charge is 0.395 e. The van der Waals surface area contributed by atoms with E-state index in [4.69, 9.17) is 5.11 Å². The number of carbonyl (C=O) groups excluding carboxylic acids is 1. The molecule has 1 aromatic carbocycles. The molecule has 18 heavy (non-hydrogen) atoms. The number of anilines is 1. The fourth-order valence-corrected chi connectivity index (χ4v) is 2.37. The number of rotatable bonds is 4. The van der Waals surface area contributed by atoms with Gasteiger partial charge >= 0.3 is 0 Å². The van der Waals surface area contributed by atoms with Crippen molar-refractivity contribution in [3.05, 3.63) is 29.3 Å². The molecule has 0 radical (unpaired) electrons. The lowest BCUT2D eigenvalue weighted by Gasteiger charge is -2.26. The zero-order valence-corrected chi connectivity index (χ0v) is 11.0. The Bertz CT molecular complexity index is 445. The van der Waals surface area contributed by atoms with Gasteiger partial charge in [-0.15, -0.1) is 0 Å². The van der Waals surface area contributed by atoms with E-state index in [1.54, 1.807) is 4.90 Å². The van der Waals surface area contributed by atoms with Crippen molar-refractivity contribution in [3.8, 4) is 0 Å². The fraction of sp³-hybridized carbons (Fsp3) is 0.500. The Hall–Kier alpha value is -1.39. The summed E-state index contributed by atoms with van der Waals surface area (Å²) in [6.07, 6.45) is 1.43. The standard InChI is InChI=1S/C14H20N2O2/c1-15(7-8-17)10-11-3-5-13-12(9-11)4-6-14(18)16(13)2/h3,5,9,17H,4,6-8,10H2,1-2H3. The first-order chi connectivity index (χ1) is 8.61. The molecule has 2 rings (SSSR count). The summed E-state index contributed by atoms with van der Waals surface area (Å²) in [7, 11) is 3.82. The number of fused-ring (bicyclic) bond motifs is 1. The van der Waals surface area contributed by atoms with E-state index >= 15 is 0 Å². The van der Waals surface area contributed by atoms with E-state index in [1.807, 2.05) is 20.2 Å². The monoisotopic (exact) mass is 248 g/mol. The molecule has 1 aromatic rings. The van der Waals surface area contributed by atoms with Gasteiger partial charge in [0, 0.05) is 32.2 Å². The van der Waals surface area contributed by atoms with Crippen molar-refractivity contribution in [3.63, 3.8) is 0 Å². The highest BCUT2D eigenvalue weighted by atomic mass is 16.3. The fourth-order valence-electron chi connectivity index (χ4n) is 2.37. The van der Waals surface area contributed by atoms with Crippen molar-refractivity contribution in [2.75, 3.05) is 32.1 Å². The molecule has 0 aromatic heterocycles. The number of likely N-dealkylation sites (N-methyl/N-ethyl adjacent to an activating group) is 1. The molecule has 0 unspecified atom stereocenters. The summed E-state index contributed by atoms with van der Waals surface area (Å²) < 4.78 is 0. The Balaban J connectivity index is 2.15. The third-order valence-corrected chi connectivity index (χ3v) is 3.42.